The Morgan fingerprint density at radius 1 is 1.00 bits per heavy atom. The average Bonchev–Trinajstić information content (AvgIpc) is 3.10. The normalized spacial score (nSPS) is 13.4. The van der Waals surface area contributed by atoms with Gasteiger partial charge in [0.05, 0.1) is 28.2 Å². The molecule has 2 heterocycles. The van der Waals surface area contributed by atoms with E-state index in [0.717, 1.165) is 26.2 Å². The number of amides is 2. The number of aryl methyl sites for hydroxylation is 1. The first-order valence-corrected chi connectivity index (χ1v) is 9.29. The van der Waals surface area contributed by atoms with Crippen LogP contribution in [-0.4, -0.2) is 21.1 Å². The Morgan fingerprint density at radius 2 is 1.60 bits per heavy atom. The molecule has 0 saturated carbocycles. The van der Waals surface area contributed by atoms with Gasteiger partial charge in [0.25, 0.3) is 11.8 Å². The number of carbonyl (C=O) groups is 2. The Hall–Kier alpha value is -2.31. The lowest BCUT2D eigenvalue weighted by Gasteiger charge is -2.15. The monoisotopic (exact) mass is 412 g/mol. The zero-order valence-electron chi connectivity index (χ0n) is 13.3. The molecule has 2 aromatic carbocycles. The second-order valence-electron chi connectivity index (χ2n) is 5.82. The Morgan fingerprint density at radius 3 is 2.20 bits per heavy atom. The molecule has 2 amide bonds. The molecule has 124 valence electrons. The smallest absolute Gasteiger partial charge is 0.261 e. The summed E-state index contributed by atoms with van der Waals surface area (Å²) < 4.78 is 5.44. The van der Waals surface area contributed by atoms with Crippen LogP contribution in [0.25, 0.3) is 10.4 Å². The maximum Gasteiger partial charge on any atom is 0.261 e. The van der Waals surface area contributed by atoms with Crippen LogP contribution in [0.4, 0.5) is 0 Å². The van der Waals surface area contributed by atoms with Crippen molar-refractivity contribution in [1.82, 2.24) is 9.27 Å². The van der Waals surface area contributed by atoms with Crippen LogP contribution in [0.2, 0.25) is 0 Å². The van der Waals surface area contributed by atoms with Crippen molar-refractivity contribution in [2.75, 3.05) is 0 Å². The fourth-order valence-electron chi connectivity index (χ4n) is 2.94. The summed E-state index contributed by atoms with van der Waals surface area (Å²) in [6.07, 6.45) is 0. The summed E-state index contributed by atoms with van der Waals surface area (Å²) in [6.45, 7) is 2.15. The van der Waals surface area contributed by atoms with Gasteiger partial charge in [0.2, 0.25) is 0 Å². The third-order valence-corrected chi connectivity index (χ3v) is 5.84. The third-order valence-electron chi connectivity index (χ3n) is 4.29. The van der Waals surface area contributed by atoms with Crippen LogP contribution in [0.3, 0.4) is 0 Å². The van der Waals surface area contributed by atoms with E-state index in [4.69, 9.17) is 0 Å². The van der Waals surface area contributed by atoms with Gasteiger partial charge in [-0.05, 0) is 48.3 Å². The van der Waals surface area contributed by atoms with Crippen molar-refractivity contribution in [1.29, 1.82) is 0 Å². The molecule has 4 rings (SSSR count). The predicted molar refractivity (Wildman–Crippen MR) is 101 cm³/mol. The van der Waals surface area contributed by atoms with Gasteiger partial charge >= 0.3 is 0 Å². The molecule has 1 aromatic heterocycles. The van der Waals surface area contributed by atoms with E-state index in [1.165, 1.54) is 16.4 Å². The van der Waals surface area contributed by atoms with Crippen molar-refractivity contribution in [3.8, 4) is 10.4 Å². The van der Waals surface area contributed by atoms with E-state index in [0.29, 0.717) is 11.1 Å². The highest BCUT2D eigenvalue weighted by Gasteiger charge is 2.36. The second-order valence-corrected chi connectivity index (χ2v) is 7.51. The minimum atomic E-state index is -0.243. The fourth-order valence-corrected chi connectivity index (χ4v) is 4.11. The van der Waals surface area contributed by atoms with Gasteiger partial charge in [-0.3, -0.25) is 14.5 Å². The molecule has 1 aliphatic rings. The van der Waals surface area contributed by atoms with E-state index >= 15 is 0 Å². The number of rotatable bonds is 3. The number of carbonyl (C=O) groups excluding carboxylic acids is 2. The van der Waals surface area contributed by atoms with Gasteiger partial charge in [-0.25, -0.2) is 0 Å². The number of benzene rings is 2. The average molecular weight is 413 g/mol. The highest BCUT2D eigenvalue weighted by molar-refractivity contribution is 9.10. The molecule has 3 aromatic rings. The maximum absolute atomic E-state index is 12.6. The standard InChI is InChI=1S/C19H13BrN2O2S/c1-11-16(17(25-21-11)12-6-8-13(20)9-7-12)10-22-18(23)14-4-2-3-5-15(14)19(22)24/h2-9H,10H2,1H3. The van der Waals surface area contributed by atoms with Gasteiger partial charge in [0.1, 0.15) is 0 Å². The van der Waals surface area contributed by atoms with Crippen LogP contribution in [0, 0.1) is 6.92 Å². The molecule has 0 bridgehead atoms. The van der Waals surface area contributed by atoms with Gasteiger partial charge in [-0.2, -0.15) is 4.37 Å². The molecule has 0 fully saturated rings. The lowest BCUT2D eigenvalue weighted by atomic mass is 10.1. The quantitative estimate of drug-likeness (QED) is 0.586. The first kappa shape index (κ1) is 16.2. The lowest BCUT2D eigenvalue weighted by molar-refractivity contribution is 0.0642. The number of fused-ring (bicyclic) bond motifs is 1. The van der Waals surface area contributed by atoms with E-state index in [1.54, 1.807) is 24.3 Å². The van der Waals surface area contributed by atoms with Gasteiger partial charge in [0.15, 0.2) is 0 Å². The first-order valence-electron chi connectivity index (χ1n) is 7.72. The summed E-state index contributed by atoms with van der Waals surface area (Å²) in [4.78, 5) is 27.5. The van der Waals surface area contributed by atoms with E-state index in [9.17, 15) is 9.59 Å². The van der Waals surface area contributed by atoms with Gasteiger partial charge in [0, 0.05) is 10.0 Å². The van der Waals surface area contributed by atoms with Crippen LogP contribution < -0.4 is 0 Å². The molecule has 0 atom stereocenters. The summed E-state index contributed by atoms with van der Waals surface area (Å²) in [5.74, 6) is -0.485. The lowest BCUT2D eigenvalue weighted by Crippen LogP contribution is -2.29. The minimum absolute atomic E-state index is 0.236. The summed E-state index contributed by atoms with van der Waals surface area (Å²) in [6, 6.07) is 14.9. The summed E-state index contributed by atoms with van der Waals surface area (Å²) >= 11 is 4.83. The number of hydrogen-bond donors (Lipinski definition) is 0. The third kappa shape index (κ3) is 2.71. The van der Waals surface area contributed by atoms with Crippen molar-refractivity contribution in [3.63, 3.8) is 0 Å². The summed E-state index contributed by atoms with van der Waals surface area (Å²) in [5.41, 5.74) is 3.73. The van der Waals surface area contributed by atoms with Crippen LogP contribution in [0.5, 0.6) is 0 Å². The van der Waals surface area contributed by atoms with Crippen LogP contribution in [0.1, 0.15) is 32.0 Å². The molecule has 4 nitrogen and oxygen atoms in total. The molecule has 1 aliphatic heterocycles. The minimum Gasteiger partial charge on any atom is -0.270 e. The van der Waals surface area contributed by atoms with Crippen molar-refractivity contribution >= 4 is 39.3 Å². The van der Waals surface area contributed by atoms with Crippen molar-refractivity contribution in [2.24, 2.45) is 0 Å². The molecule has 0 aliphatic carbocycles. The molecule has 6 heteroatoms. The van der Waals surface area contributed by atoms with Gasteiger partial charge in [-0.1, -0.05) is 40.2 Å². The van der Waals surface area contributed by atoms with Gasteiger partial charge < -0.3 is 0 Å². The molecular weight excluding hydrogens is 400 g/mol. The predicted octanol–water partition coefficient (Wildman–Crippen LogP) is 4.68. The molecule has 0 radical (unpaired) electrons. The fraction of sp³-hybridized carbons (Fsp3) is 0.105. The SMILES string of the molecule is Cc1nsc(-c2ccc(Br)cc2)c1CN1C(=O)c2ccccc2C1=O. The summed E-state index contributed by atoms with van der Waals surface area (Å²) in [7, 11) is 0. The summed E-state index contributed by atoms with van der Waals surface area (Å²) in [5, 5.41) is 0. The Balaban J connectivity index is 1.71. The molecule has 0 N–H and O–H groups in total. The van der Waals surface area contributed by atoms with Crippen molar-refractivity contribution in [2.45, 2.75) is 13.5 Å². The molecule has 25 heavy (non-hydrogen) atoms. The Labute approximate surface area is 157 Å². The van der Waals surface area contributed by atoms with Crippen molar-refractivity contribution in [3.05, 3.63) is 75.4 Å². The maximum atomic E-state index is 12.6. The van der Waals surface area contributed by atoms with E-state index < -0.39 is 0 Å². The molecular formula is C19H13BrN2O2S. The van der Waals surface area contributed by atoms with E-state index in [-0.39, 0.29) is 18.4 Å². The number of nitrogens with zero attached hydrogens (tertiary/aromatic N) is 2. The number of hydrogen-bond acceptors (Lipinski definition) is 4. The second kappa shape index (κ2) is 6.20. The number of halogens is 1. The highest BCUT2D eigenvalue weighted by atomic mass is 79.9. The van der Waals surface area contributed by atoms with Crippen molar-refractivity contribution < 1.29 is 9.59 Å². The number of aromatic nitrogens is 1. The molecule has 0 saturated heterocycles. The Bertz CT molecular complexity index is 960. The zero-order valence-corrected chi connectivity index (χ0v) is 15.7. The zero-order chi connectivity index (χ0) is 17.6. The number of imide groups is 1. The largest absolute Gasteiger partial charge is 0.270 e. The highest BCUT2D eigenvalue weighted by Crippen LogP contribution is 2.34. The van der Waals surface area contributed by atoms with E-state index in [1.807, 2.05) is 31.2 Å². The van der Waals surface area contributed by atoms with Crippen LogP contribution in [0.15, 0.2) is 53.0 Å². The van der Waals surface area contributed by atoms with E-state index in [2.05, 4.69) is 20.3 Å². The Kier molecular flexibility index (Phi) is 4.01. The molecule has 0 spiro atoms. The van der Waals surface area contributed by atoms with Crippen LogP contribution >= 0.6 is 27.5 Å². The first-order chi connectivity index (χ1) is 12.1. The topological polar surface area (TPSA) is 50.3 Å². The van der Waals surface area contributed by atoms with Gasteiger partial charge in [-0.15, -0.1) is 0 Å². The molecule has 0 unspecified atom stereocenters. The van der Waals surface area contributed by atoms with Crippen LogP contribution in [-0.2, 0) is 6.54 Å².